The van der Waals surface area contributed by atoms with Gasteiger partial charge in [0.1, 0.15) is 5.69 Å². The molecule has 0 amide bonds. The molecule has 0 aliphatic heterocycles. The van der Waals surface area contributed by atoms with Crippen molar-refractivity contribution < 1.29 is 0 Å². The molecule has 0 bridgehead atoms. The third kappa shape index (κ3) is 1.49. The Morgan fingerprint density at radius 2 is 2.14 bits per heavy atom. The zero-order valence-corrected chi connectivity index (χ0v) is 7.99. The first-order chi connectivity index (χ1) is 6.81. The number of thiazole rings is 1. The number of nitrogens with zero attached hydrogens (tertiary/aromatic N) is 2. The zero-order valence-electron chi connectivity index (χ0n) is 7.18. The van der Waals surface area contributed by atoms with Crippen molar-refractivity contribution in [2.45, 2.75) is 0 Å². The monoisotopic (exact) mass is 205 g/mol. The number of nitrogen functional groups attached to an aromatic ring is 1. The van der Waals surface area contributed by atoms with E-state index in [0.29, 0.717) is 16.5 Å². The van der Waals surface area contributed by atoms with Crippen LogP contribution >= 0.6 is 11.3 Å². The minimum absolute atomic E-state index is 0.387. The van der Waals surface area contributed by atoms with E-state index in [1.807, 2.05) is 6.07 Å². The van der Waals surface area contributed by atoms with E-state index in [0.717, 1.165) is 5.56 Å². The van der Waals surface area contributed by atoms with Gasteiger partial charge in [0.25, 0.3) is 0 Å². The summed E-state index contributed by atoms with van der Waals surface area (Å²) in [6.45, 7) is 0. The van der Waals surface area contributed by atoms with Crippen LogP contribution < -0.4 is 5.73 Å². The van der Waals surface area contributed by atoms with Crippen molar-refractivity contribution in [3.63, 3.8) is 0 Å². The van der Waals surface area contributed by atoms with E-state index >= 15 is 0 Å². The highest BCUT2D eigenvalue weighted by Gasteiger charge is 2.07. The second-order valence-electron chi connectivity index (χ2n) is 2.68. The molecule has 5 heteroatoms. The van der Waals surface area contributed by atoms with Crippen molar-refractivity contribution in [2.24, 2.45) is 5.18 Å². The number of benzene rings is 1. The van der Waals surface area contributed by atoms with Crippen LogP contribution in [0.3, 0.4) is 0 Å². The summed E-state index contributed by atoms with van der Waals surface area (Å²) in [5.41, 5.74) is 7.31. The Morgan fingerprint density at radius 1 is 1.36 bits per heavy atom. The summed E-state index contributed by atoms with van der Waals surface area (Å²) in [7, 11) is 0. The maximum atomic E-state index is 10.5. The van der Waals surface area contributed by atoms with Crippen molar-refractivity contribution in [2.75, 3.05) is 5.73 Å². The summed E-state index contributed by atoms with van der Waals surface area (Å²) in [6, 6.07) is 7.04. The molecule has 4 nitrogen and oxygen atoms in total. The van der Waals surface area contributed by atoms with Crippen molar-refractivity contribution in [1.82, 2.24) is 4.98 Å². The third-order valence-electron chi connectivity index (χ3n) is 1.80. The summed E-state index contributed by atoms with van der Waals surface area (Å²) >= 11 is 1.34. The molecule has 0 radical (unpaired) electrons. The number of aromatic nitrogens is 1. The van der Waals surface area contributed by atoms with Crippen LogP contribution in [0.2, 0.25) is 0 Å². The van der Waals surface area contributed by atoms with Gasteiger partial charge >= 0.3 is 0 Å². The molecule has 2 rings (SSSR count). The molecule has 1 heterocycles. The van der Waals surface area contributed by atoms with E-state index in [4.69, 9.17) is 5.73 Å². The summed E-state index contributed by atoms with van der Waals surface area (Å²) < 4.78 is 0. The Morgan fingerprint density at radius 3 is 2.79 bits per heavy atom. The van der Waals surface area contributed by atoms with E-state index < -0.39 is 0 Å². The predicted molar refractivity (Wildman–Crippen MR) is 57.4 cm³/mol. The Balaban J connectivity index is 2.55. The molecular weight excluding hydrogens is 198 g/mol. The van der Waals surface area contributed by atoms with Gasteiger partial charge in [-0.2, -0.15) is 0 Å². The minimum atomic E-state index is 0.387. The summed E-state index contributed by atoms with van der Waals surface area (Å²) in [5, 5.41) is 5.22. The van der Waals surface area contributed by atoms with Crippen LogP contribution in [0.1, 0.15) is 0 Å². The second-order valence-corrected chi connectivity index (χ2v) is 3.57. The fourth-order valence-corrected chi connectivity index (χ4v) is 1.74. The van der Waals surface area contributed by atoms with E-state index in [-0.39, 0.29) is 0 Å². The fraction of sp³-hybridized carbons (Fsp3) is 0. The molecule has 70 valence electrons. The Hall–Kier alpha value is -1.75. The normalized spacial score (nSPS) is 10.0. The van der Waals surface area contributed by atoms with E-state index in [2.05, 4.69) is 10.2 Å². The molecule has 14 heavy (non-hydrogen) atoms. The van der Waals surface area contributed by atoms with Gasteiger partial charge in [0.05, 0.1) is 5.69 Å². The SMILES string of the molecule is Nc1nc(-c2ccccc2N=O)cs1. The molecule has 0 saturated carbocycles. The smallest absolute Gasteiger partial charge is 0.180 e. The maximum absolute atomic E-state index is 10.5. The van der Waals surface area contributed by atoms with Crippen LogP contribution in [0.4, 0.5) is 10.8 Å². The standard InChI is InChI=1S/C9H7N3OS/c10-9-11-8(5-14-9)6-3-1-2-4-7(6)12-13/h1-5H,(H2,10,11). The van der Waals surface area contributed by atoms with Gasteiger partial charge in [0.15, 0.2) is 5.13 Å². The van der Waals surface area contributed by atoms with E-state index in [1.165, 1.54) is 11.3 Å². The highest BCUT2D eigenvalue weighted by Crippen LogP contribution is 2.30. The molecular formula is C9H7N3OS. The van der Waals surface area contributed by atoms with Crippen LogP contribution in [0.25, 0.3) is 11.3 Å². The molecule has 1 aromatic carbocycles. The average molecular weight is 205 g/mol. The van der Waals surface area contributed by atoms with Crippen LogP contribution in [0, 0.1) is 4.91 Å². The molecule has 1 aromatic heterocycles. The van der Waals surface area contributed by atoms with Crippen LogP contribution in [0.15, 0.2) is 34.8 Å². The summed E-state index contributed by atoms with van der Waals surface area (Å²) in [4.78, 5) is 14.6. The van der Waals surface area contributed by atoms with Crippen LogP contribution in [-0.2, 0) is 0 Å². The highest BCUT2D eigenvalue weighted by atomic mass is 32.1. The first kappa shape index (κ1) is 8.83. The molecule has 0 aliphatic carbocycles. The predicted octanol–water partition coefficient (Wildman–Crippen LogP) is 2.79. The van der Waals surface area contributed by atoms with Gasteiger partial charge in [-0.05, 0) is 11.2 Å². The van der Waals surface area contributed by atoms with Gasteiger partial charge in [0.2, 0.25) is 0 Å². The van der Waals surface area contributed by atoms with Gasteiger partial charge in [-0.1, -0.05) is 18.2 Å². The van der Waals surface area contributed by atoms with Crippen molar-refractivity contribution in [1.29, 1.82) is 0 Å². The zero-order chi connectivity index (χ0) is 9.97. The molecule has 2 N–H and O–H groups in total. The van der Waals surface area contributed by atoms with Crippen molar-refractivity contribution >= 4 is 22.2 Å². The summed E-state index contributed by atoms with van der Waals surface area (Å²) in [5.74, 6) is 0. The van der Waals surface area contributed by atoms with Crippen molar-refractivity contribution in [3.05, 3.63) is 34.6 Å². The Labute approximate surface area is 84.4 Å². The summed E-state index contributed by atoms with van der Waals surface area (Å²) in [6.07, 6.45) is 0. The topological polar surface area (TPSA) is 68.3 Å². The molecule has 0 spiro atoms. The number of anilines is 1. The third-order valence-corrected chi connectivity index (χ3v) is 2.47. The molecule has 2 aromatic rings. The molecule has 0 unspecified atom stereocenters. The fourth-order valence-electron chi connectivity index (χ4n) is 1.18. The largest absolute Gasteiger partial charge is 0.375 e. The van der Waals surface area contributed by atoms with Gasteiger partial charge in [-0.3, -0.25) is 0 Å². The number of nitroso groups, excluding NO2 is 1. The van der Waals surface area contributed by atoms with Crippen molar-refractivity contribution in [3.8, 4) is 11.3 Å². The second kappa shape index (κ2) is 3.55. The maximum Gasteiger partial charge on any atom is 0.180 e. The average Bonchev–Trinajstić information content (AvgIpc) is 2.65. The highest BCUT2D eigenvalue weighted by molar-refractivity contribution is 7.13. The molecule has 0 aliphatic rings. The number of hydrogen-bond acceptors (Lipinski definition) is 5. The van der Waals surface area contributed by atoms with Gasteiger partial charge in [-0.15, -0.1) is 16.2 Å². The van der Waals surface area contributed by atoms with E-state index in [1.54, 1.807) is 23.6 Å². The van der Waals surface area contributed by atoms with Crippen LogP contribution in [0.5, 0.6) is 0 Å². The van der Waals surface area contributed by atoms with Crippen LogP contribution in [-0.4, -0.2) is 4.98 Å². The first-order valence-corrected chi connectivity index (χ1v) is 4.83. The molecule has 0 fully saturated rings. The molecule has 0 saturated heterocycles. The number of nitrogens with two attached hydrogens (primary N) is 1. The Bertz CT molecular complexity index is 467. The number of rotatable bonds is 2. The molecule has 0 atom stereocenters. The van der Waals surface area contributed by atoms with Gasteiger partial charge < -0.3 is 5.73 Å². The van der Waals surface area contributed by atoms with E-state index in [9.17, 15) is 4.91 Å². The lowest BCUT2D eigenvalue weighted by Gasteiger charge is -1.97. The lowest BCUT2D eigenvalue weighted by Crippen LogP contribution is -1.83. The Kier molecular flexibility index (Phi) is 2.24. The lowest BCUT2D eigenvalue weighted by molar-refractivity contribution is 1.39. The number of hydrogen-bond donors (Lipinski definition) is 1. The lowest BCUT2D eigenvalue weighted by atomic mass is 10.1. The van der Waals surface area contributed by atoms with Gasteiger partial charge in [-0.25, -0.2) is 4.98 Å². The minimum Gasteiger partial charge on any atom is -0.375 e. The quantitative estimate of drug-likeness (QED) is 0.766. The van der Waals surface area contributed by atoms with Gasteiger partial charge in [0, 0.05) is 10.9 Å². The first-order valence-electron chi connectivity index (χ1n) is 3.95.